The summed E-state index contributed by atoms with van der Waals surface area (Å²) in [6, 6.07) is 0.461. The van der Waals surface area contributed by atoms with Crippen molar-refractivity contribution in [3.8, 4) is 0 Å². The summed E-state index contributed by atoms with van der Waals surface area (Å²) in [4.78, 5) is 14.6. The molecule has 16 heavy (non-hydrogen) atoms. The zero-order valence-corrected chi connectivity index (χ0v) is 10.9. The van der Waals surface area contributed by atoms with Crippen molar-refractivity contribution in [2.24, 2.45) is 5.92 Å². The lowest BCUT2D eigenvalue weighted by Crippen LogP contribution is -2.45. The van der Waals surface area contributed by atoms with Crippen molar-refractivity contribution in [3.05, 3.63) is 0 Å². The highest BCUT2D eigenvalue weighted by Crippen LogP contribution is 2.35. The summed E-state index contributed by atoms with van der Waals surface area (Å²) in [5, 5.41) is 3.45. The van der Waals surface area contributed by atoms with E-state index in [4.69, 9.17) is 0 Å². The molecular formula is C13H24N2O. The topological polar surface area (TPSA) is 32.3 Å². The van der Waals surface area contributed by atoms with Gasteiger partial charge in [-0.25, -0.2) is 0 Å². The van der Waals surface area contributed by atoms with Gasteiger partial charge in [0, 0.05) is 6.04 Å². The largest absolute Gasteiger partial charge is 0.323 e. The number of hydrogen-bond acceptors (Lipinski definition) is 2. The summed E-state index contributed by atoms with van der Waals surface area (Å²) >= 11 is 0. The molecule has 2 fully saturated rings. The smallest absolute Gasteiger partial charge is 0.244 e. The normalized spacial score (nSPS) is 44.4. The number of amides is 1. The predicted octanol–water partition coefficient (Wildman–Crippen LogP) is 2.12. The first kappa shape index (κ1) is 11.9. The first-order chi connectivity index (χ1) is 7.49. The van der Waals surface area contributed by atoms with Crippen molar-refractivity contribution in [3.63, 3.8) is 0 Å². The van der Waals surface area contributed by atoms with E-state index in [1.807, 2.05) is 6.92 Å². The molecule has 0 aromatic heterocycles. The van der Waals surface area contributed by atoms with E-state index in [0.29, 0.717) is 17.9 Å². The molecule has 1 saturated carbocycles. The highest BCUT2D eigenvalue weighted by Gasteiger charge is 2.48. The number of hydrogen-bond donors (Lipinski definition) is 1. The fourth-order valence-corrected chi connectivity index (χ4v) is 3.28. The minimum atomic E-state index is -0.332. The van der Waals surface area contributed by atoms with Crippen LogP contribution in [0.1, 0.15) is 53.4 Å². The van der Waals surface area contributed by atoms with Crippen LogP contribution in [-0.2, 0) is 4.79 Å². The summed E-state index contributed by atoms with van der Waals surface area (Å²) in [6.07, 6.45) is 4.78. The summed E-state index contributed by atoms with van der Waals surface area (Å²) in [5.41, 5.74) is -0.332. The van der Waals surface area contributed by atoms with E-state index < -0.39 is 0 Å². The summed E-state index contributed by atoms with van der Waals surface area (Å²) in [6.45, 7) is 8.51. The molecule has 2 aliphatic rings. The van der Waals surface area contributed by atoms with Crippen LogP contribution in [0.25, 0.3) is 0 Å². The predicted molar refractivity (Wildman–Crippen MR) is 64.9 cm³/mol. The van der Waals surface area contributed by atoms with Crippen LogP contribution in [0.4, 0.5) is 0 Å². The lowest BCUT2D eigenvalue weighted by molar-refractivity contribution is -0.135. The Morgan fingerprint density at radius 3 is 2.56 bits per heavy atom. The molecule has 1 amide bonds. The van der Waals surface area contributed by atoms with Gasteiger partial charge in [-0.2, -0.15) is 0 Å². The second kappa shape index (κ2) is 4.02. The highest BCUT2D eigenvalue weighted by atomic mass is 16.2. The van der Waals surface area contributed by atoms with Crippen LogP contribution >= 0.6 is 0 Å². The fraction of sp³-hybridized carbons (Fsp3) is 0.923. The van der Waals surface area contributed by atoms with Crippen molar-refractivity contribution >= 4 is 5.91 Å². The van der Waals surface area contributed by atoms with Crippen LogP contribution in [0, 0.1) is 5.92 Å². The lowest BCUT2D eigenvalue weighted by Gasteiger charge is -2.31. The van der Waals surface area contributed by atoms with Gasteiger partial charge in [-0.15, -0.1) is 0 Å². The van der Waals surface area contributed by atoms with Crippen molar-refractivity contribution in [2.45, 2.75) is 71.1 Å². The maximum Gasteiger partial charge on any atom is 0.244 e. The van der Waals surface area contributed by atoms with Crippen LogP contribution in [-0.4, -0.2) is 28.6 Å². The third kappa shape index (κ3) is 1.65. The van der Waals surface area contributed by atoms with Gasteiger partial charge >= 0.3 is 0 Å². The second-order valence-electron chi connectivity index (χ2n) is 5.69. The third-order valence-corrected chi connectivity index (χ3v) is 4.53. The molecule has 0 radical (unpaired) electrons. The molecule has 0 spiro atoms. The maximum absolute atomic E-state index is 12.5. The monoisotopic (exact) mass is 224 g/mol. The quantitative estimate of drug-likeness (QED) is 0.779. The minimum Gasteiger partial charge on any atom is -0.323 e. The van der Waals surface area contributed by atoms with E-state index in [1.165, 1.54) is 19.3 Å². The van der Waals surface area contributed by atoms with Gasteiger partial charge in [-0.1, -0.05) is 20.3 Å². The second-order valence-corrected chi connectivity index (χ2v) is 5.69. The van der Waals surface area contributed by atoms with Gasteiger partial charge in [0.25, 0.3) is 0 Å². The summed E-state index contributed by atoms with van der Waals surface area (Å²) in [7, 11) is 0. The maximum atomic E-state index is 12.5. The number of rotatable bonds is 2. The molecule has 2 rings (SSSR count). The van der Waals surface area contributed by atoms with Crippen molar-refractivity contribution in [1.82, 2.24) is 10.2 Å². The first-order valence-electron chi connectivity index (χ1n) is 6.60. The Bertz CT molecular complexity index is 292. The van der Waals surface area contributed by atoms with Crippen molar-refractivity contribution < 1.29 is 4.79 Å². The molecule has 0 bridgehead atoms. The van der Waals surface area contributed by atoms with E-state index in [9.17, 15) is 4.79 Å². The molecule has 3 heteroatoms. The fourth-order valence-electron chi connectivity index (χ4n) is 3.28. The molecule has 3 nitrogen and oxygen atoms in total. The van der Waals surface area contributed by atoms with E-state index in [0.717, 1.165) is 6.42 Å². The Labute approximate surface area is 98.6 Å². The molecule has 1 N–H and O–H groups in total. The number of nitrogens with one attached hydrogen (secondary N) is 1. The Hall–Kier alpha value is -0.570. The number of carbonyl (C=O) groups excluding carboxylic acids is 1. The van der Waals surface area contributed by atoms with Gasteiger partial charge < -0.3 is 4.90 Å². The molecule has 4 unspecified atom stereocenters. The van der Waals surface area contributed by atoms with Crippen molar-refractivity contribution in [1.29, 1.82) is 0 Å². The van der Waals surface area contributed by atoms with Crippen LogP contribution in [0.5, 0.6) is 0 Å². The minimum absolute atomic E-state index is 0.197. The van der Waals surface area contributed by atoms with Crippen LogP contribution in [0.15, 0.2) is 0 Å². The van der Waals surface area contributed by atoms with Gasteiger partial charge in [0.15, 0.2) is 0 Å². The first-order valence-corrected chi connectivity index (χ1v) is 6.60. The SMILES string of the molecule is CCC1(C)NC(C)N(C2CCCC2C)C1=O. The van der Waals surface area contributed by atoms with Crippen LogP contribution in [0.3, 0.4) is 0 Å². The van der Waals surface area contributed by atoms with Crippen LogP contribution < -0.4 is 5.32 Å². The Morgan fingerprint density at radius 1 is 1.44 bits per heavy atom. The van der Waals surface area contributed by atoms with Gasteiger partial charge in [0.05, 0.1) is 11.7 Å². The molecule has 92 valence electrons. The van der Waals surface area contributed by atoms with E-state index in [2.05, 4.69) is 31.0 Å². The Morgan fingerprint density at radius 2 is 2.12 bits per heavy atom. The molecule has 4 atom stereocenters. The third-order valence-electron chi connectivity index (χ3n) is 4.53. The number of carbonyl (C=O) groups is 1. The van der Waals surface area contributed by atoms with Gasteiger partial charge in [0.1, 0.15) is 0 Å². The number of nitrogens with zero attached hydrogens (tertiary/aromatic N) is 1. The Kier molecular flexibility index (Phi) is 2.99. The van der Waals surface area contributed by atoms with Crippen molar-refractivity contribution in [2.75, 3.05) is 0 Å². The molecule has 1 aliphatic heterocycles. The lowest BCUT2D eigenvalue weighted by atomic mass is 9.97. The summed E-state index contributed by atoms with van der Waals surface area (Å²) in [5.74, 6) is 0.966. The standard InChI is InChI=1S/C13H24N2O/c1-5-13(4)12(16)15(10(3)14-13)11-8-6-7-9(11)2/h9-11,14H,5-8H2,1-4H3. The van der Waals surface area contributed by atoms with E-state index >= 15 is 0 Å². The molecule has 0 aromatic rings. The highest BCUT2D eigenvalue weighted by molar-refractivity contribution is 5.88. The van der Waals surface area contributed by atoms with Gasteiger partial charge in [0.2, 0.25) is 5.91 Å². The average molecular weight is 224 g/mol. The zero-order chi connectivity index (χ0) is 11.9. The molecule has 1 heterocycles. The molecule has 1 aliphatic carbocycles. The molecular weight excluding hydrogens is 200 g/mol. The zero-order valence-electron chi connectivity index (χ0n) is 10.9. The van der Waals surface area contributed by atoms with Crippen LogP contribution in [0.2, 0.25) is 0 Å². The summed E-state index contributed by atoms with van der Waals surface area (Å²) < 4.78 is 0. The average Bonchev–Trinajstić information content (AvgIpc) is 2.72. The molecule has 1 saturated heterocycles. The van der Waals surface area contributed by atoms with E-state index in [1.54, 1.807) is 0 Å². The van der Waals surface area contributed by atoms with E-state index in [-0.39, 0.29) is 11.7 Å². The van der Waals surface area contributed by atoms with Gasteiger partial charge in [-0.3, -0.25) is 10.1 Å². The molecule has 0 aromatic carbocycles. The van der Waals surface area contributed by atoms with Gasteiger partial charge in [-0.05, 0) is 39.0 Å². The Balaban J connectivity index is 2.19.